The summed E-state index contributed by atoms with van der Waals surface area (Å²) in [6.45, 7) is 11.0. The summed E-state index contributed by atoms with van der Waals surface area (Å²) < 4.78 is 35.6. The second kappa shape index (κ2) is 14.0. The van der Waals surface area contributed by atoms with Gasteiger partial charge in [0.05, 0.1) is 35.9 Å². The molecule has 13 nitrogen and oxygen atoms in total. The first-order chi connectivity index (χ1) is 24.1. The number of fused-ring (bicyclic) bond motifs is 3. The van der Waals surface area contributed by atoms with Crippen LogP contribution in [-0.2, 0) is 38.0 Å². The molecule has 1 aromatic rings. The third-order valence-electron chi connectivity index (χ3n) is 13.1. The molecule has 2 aliphatic heterocycles. The molecule has 12 unspecified atom stereocenters. The fourth-order valence-electron chi connectivity index (χ4n) is 10.6. The molecule has 0 radical (unpaired) electrons. The van der Waals surface area contributed by atoms with Gasteiger partial charge in [0.25, 0.3) is 0 Å². The molecule has 3 heterocycles. The van der Waals surface area contributed by atoms with Crippen molar-refractivity contribution in [3.63, 3.8) is 0 Å². The van der Waals surface area contributed by atoms with Crippen LogP contribution in [0.4, 0.5) is 0 Å². The van der Waals surface area contributed by atoms with E-state index in [-0.39, 0.29) is 49.0 Å². The van der Waals surface area contributed by atoms with Crippen LogP contribution in [-0.4, -0.2) is 95.5 Å². The van der Waals surface area contributed by atoms with Crippen LogP contribution >= 0.6 is 0 Å². The van der Waals surface area contributed by atoms with Gasteiger partial charge >= 0.3 is 17.9 Å². The molecule has 6 rings (SSSR count). The molecule has 0 aromatic carbocycles. The maximum Gasteiger partial charge on any atom is 0.376 e. The number of hydrogen-bond donors (Lipinski definition) is 4. The maximum atomic E-state index is 13.5. The lowest BCUT2D eigenvalue weighted by Crippen LogP contribution is -2.69. The zero-order chi connectivity index (χ0) is 37.0. The van der Waals surface area contributed by atoms with Crippen LogP contribution in [0.2, 0.25) is 0 Å². The molecular formula is C38H53NO12. The first kappa shape index (κ1) is 37.5. The molecule has 0 bridgehead atoms. The molecule has 282 valence electrons. The van der Waals surface area contributed by atoms with Gasteiger partial charge in [-0.15, -0.1) is 0 Å². The molecule has 3 fully saturated rings. The number of ether oxygens (including phenoxy) is 6. The summed E-state index contributed by atoms with van der Waals surface area (Å²) in [5, 5.41) is 34.0. The second-order valence-corrected chi connectivity index (χ2v) is 15.8. The van der Waals surface area contributed by atoms with Crippen LogP contribution in [0.15, 0.2) is 35.1 Å². The summed E-state index contributed by atoms with van der Waals surface area (Å²) in [5.41, 5.74) is -0.513. The monoisotopic (exact) mass is 715 g/mol. The molecule has 12 atom stereocenters. The van der Waals surface area contributed by atoms with Crippen LogP contribution in [0.5, 0.6) is 0 Å². The number of aliphatic hydroxyl groups is 3. The zero-order valence-corrected chi connectivity index (χ0v) is 30.6. The van der Waals surface area contributed by atoms with Crippen molar-refractivity contribution in [2.75, 3.05) is 20.3 Å². The molecule has 51 heavy (non-hydrogen) atoms. The van der Waals surface area contributed by atoms with Crippen molar-refractivity contribution in [1.82, 2.24) is 4.98 Å². The van der Waals surface area contributed by atoms with Gasteiger partial charge in [-0.2, -0.15) is 0 Å². The van der Waals surface area contributed by atoms with Gasteiger partial charge in [0.1, 0.15) is 18.4 Å². The van der Waals surface area contributed by atoms with E-state index >= 15 is 0 Å². The van der Waals surface area contributed by atoms with E-state index < -0.39 is 76.5 Å². The van der Waals surface area contributed by atoms with E-state index in [2.05, 4.69) is 11.9 Å². The number of rotatable bonds is 9. The SMILES string of the molecule is COC1CCC(OCC2(COC(=O)c3ccc(C)[nH]3)C(OC(C)=O)CC(O)C3(C)C4CC=C(C)C(C5=C(O)C(=O)OC5O)C4(C)CCC23)OC1C. The van der Waals surface area contributed by atoms with Gasteiger partial charge in [-0.05, 0) is 75.8 Å². The van der Waals surface area contributed by atoms with Crippen molar-refractivity contribution in [2.45, 2.75) is 117 Å². The molecular weight excluding hydrogens is 662 g/mol. The Morgan fingerprint density at radius 2 is 1.82 bits per heavy atom. The van der Waals surface area contributed by atoms with E-state index in [4.69, 9.17) is 28.4 Å². The van der Waals surface area contributed by atoms with Crippen molar-refractivity contribution >= 4 is 17.9 Å². The normalized spacial score (nSPS) is 40.9. The van der Waals surface area contributed by atoms with E-state index in [1.165, 1.54) is 6.92 Å². The highest BCUT2D eigenvalue weighted by atomic mass is 16.7. The summed E-state index contributed by atoms with van der Waals surface area (Å²) in [4.78, 5) is 41.6. The van der Waals surface area contributed by atoms with Crippen LogP contribution in [0.3, 0.4) is 0 Å². The van der Waals surface area contributed by atoms with Gasteiger partial charge in [-0.3, -0.25) is 4.79 Å². The molecule has 1 aromatic heterocycles. The van der Waals surface area contributed by atoms with Crippen molar-refractivity contribution in [3.8, 4) is 0 Å². The second-order valence-electron chi connectivity index (χ2n) is 15.8. The van der Waals surface area contributed by atoms with Crippen LogP contribution < -0.4 is 0 Å². The van der Waals surface area contributed by atoms with Crippen LogP contribution in [0.25, 0.3) is 0 Å². The number of carbonyl (C=O) groups is 3. The fourth-order valence-corrected chi connectivity index (χ4v) is 10.6. The van der Waals surface area contributed by atoms with E-state index in [1.807, 2.05) is 33.8 Å². The van der Waals surface area contributed by atoms with Gasteiger partial charge in [-0.1, -0.05) is 25.5 Å². The number of aromatic nitrogens is 1. The number of nitrogens with one attached hydrogen (secondary N) is 1. The minimum atomic E-state index is -1.59. The van der Waals surface area contributed by atoms with Crippen molar-refractivity contribution in [3.05, 3.63) is 46.5 Å². The lowest BCUT2D eigenvalue weighted by atomic mass is 9.38. The first-order valence-electron chi connectivity index (χ1n) is 18.0. The minimum absolute atomic E-state index is 0.0126. The van der Waals surface area contributed by atoms with E-state index in [0.29, 0.717) is 25.7 Å². The smallest absolute Gasteiger partial charge is 0.376 e. The molecule has 13 heteroatoms. The quantitative estimate of drug-likeness (QED) is 0.161. The molecule has 0 spiro atoms. The predicted octanol–water partition coefficient (Wildman–Crippen LogP) is 4.41. The number of carbonyl (C=O) groups excluding carboxylic acids is 3. The Morgan fingerprint density at radius 1 is 1.08 bits per heavy atom. The summed E-state index contributed by atoms with van der Waals surface area (Å²) >= 11 is 0. The van der Waals surface area contributed by atoms with Crippen LogP contribution in [0.1, 0.15) is 89.3 Å². The number of methoxy groups -OCH3 is 1. The molecule has 3 aliphatic carbocycles. The molecule has 4 N–H and O–H groups in total. The fraction of sp³-hybridized carbons (Fsp3) is 0.711. The van der Waals surface area contributed by atoms with E-state index in [9.17, 15) is 29.7 Å². The highest BCUT2D eigenvalue weighted by molar-refractivity contribution is 5.89. The number of esters is 3. The number of aliphatic hydroxyl groups excluding tert-OH is 3. The number of cyclic esters (lactones) is 1. The number of hydrogen-bond acceptors (Lipinski definition) is 12. The van der Waals surface area contributed by atoms with Gasteiger partial charge in [0.15, 0.2) is 6.29 Å². The highest BCUT2D eigenvalue weighted by Crippen LogP contribution is 2.70. The molecule has 1 saturated heterocycles. The van der Waals surface area contributed by atoms with Gasteiger partial charge in [0, 0.05) is 43.9 Å². The number of H-pyrrole nitrogens is 1. The van der Waals surface area contributed by atoms with Crippen molar-refractivity contribution in [2.24, 2.45) is 34.0 Å². The third kappa shape index (κ3) is 6.32. The van der Waals surface area contributed by atoms with E-state index in [0.717, 1.165) is 17.7 Å². The summed E-state index contributed by atoms with van der Waals surface area (Å²) in [5.74, 6) is -3.84. The number of aryl methyl sites for hydroxylation is 1. The average Bonchev–Trinajstić information content (AvgIpc) is 3.61. The first-order valence-corrected chi connectivity index (χ1v) is 18.0. The Bertz CT molecular complexity index is 1580. The highest BCUT2D eigenvalue weighted by Gasteiger charge is 2.70. The molecule has 0 amide bonds. The minimum Gasteiger partial charge on any atom is -0.502 e. The summed E-state index contributed by atoms with van der Waals surface area (Å²) in [6, 6.07) is 3.44. The molecule has 2 saturated carbocycles. The largest absolute Gasteiger partial charge is 0.502 e. The predicted molar refractivity (Wildman–Crippen MR) is 181 cm³/mol. The van der Waals surface area contributed by atoms with Crippen molar-refractivity contribution < 1.29 is 58.1 Å². The lowest BCUT2D eigenvalue weighted by molar-refractivity contribution is -0.285. The lowest BCUT2D eigenvalue weighted by Gasteiger charge is -2.68. The number of allylic oxidation sites excluding steroid dienone is 2. The Morgan fingerprint density at radius 3 is 2.43 bits per heavy atom. The topological polar surface area (TPSA) is 183 Å². The average molecular weight is 716 g/mol. The number of aromatic amines is 1. The van der Waals surface area contributed by atoms with Gasteiger partial charge < -0.3 is 48.7 Å². The van der Waals surface area contributed by atoms with Crippen LogP contribution in [0, 0.1) is 40.9 Å². The summed E-state index contributed by atoms with van der Waals surface area (Å²) in [7, 11) is 1.65. The standard InChI is InChI=1S/C38H53NO12/c1-19-8-12-25-36(5,31(19)30-32(42)35(45)51-34(30)44)15-14-26-37(25,6)27(41)16-28(50-22(4)40)38(26,18-48-33(43)23-10-9-20(2)39-23)17-47-29-13-11-24(46-7)21(3)49-29/h8-10,21,24-29,31,34,39,41-42,44H,11-18H2,1-7H3. The Kier molecular flexibility index (Phi) is 10.3. The van der Waals surface area contributed by atoms with Crippen molar-refractivity contribution in [1.29, 1.82) is 0 Å². The maximum absolute atomic E-state index is 13.5. The Balaban J connectivity index is 1.42. The summed E-state index contributed by atoms with van der Waals surface area (Å²) in [6.07, 6.45) is 0.680. The van der Waals surface area contributed by atoms with Gasteiger partial charge in [0.2, 0.25) is 12.0 Å². The zero-order valence-electron chi connectivity index (χ0n) is 30.6. The third-order valence-corrected chi connectivity index (χ3v) is 13.1. The Hall–Kier alpha value is -3.23. The Labute approximate surface area is 298 Å². The van der Waals surface area contributed by atoms with E-state index in [1.54, 1.807) is 19.2 Å². The molecule has 5 aliphatic rings. The van der Waals surface area contributed by atoms with Gasteiger partial charge in [-0.25, -0.2) is 9.59 Å².